The van der Waals surface area contributed by atoms with Crippen LogP contribution in [0.5, 0.6) is 0 Å². The van der Waals surface area contributed by atoms with Crippen LogP contribution in [0.3, 0.4) is 0 Å². The first-order chi connectivity index (χ1) is 10.2. The minimum absolute atomic E-state index is 0.387. The van der Waals surface area contributed by atoms with Gasteiger partial charge in [0.1, 0.15) is 17.4 Å². The monoisotopic (exact) mass is 284 g/mol. The molecule has 0 amide bonds. The molecule has 21 heavy (non-hydrogen) atoms. The summed E-state index contributed by atoms with van der Waals surface area (Å²) in [6.07, 6.45) is 6.58. The van der Waals surface area contributed by atoms with Gasteiger partial charge >= 0.3 is 0 Å². The molecule has 1 N–H and O–H groups in total. The molecular formula is C14H16N6O. The molecule has 0 aliphatic carbocycles. The smallest absolute Gasteiger partial charge is 0.142 e. The van der Waals surface area contributed by atoms with Gasteiger partial charge < -0.3 is 10.0 Å². The molecule has 7 nitrogen and oxygen atoms in total. The number of aliphatic hydroxyl groups is 1. The average molecular weight is 284 g/mol. The first kappa shape index (κ1) is 13.5. The highest BCUT2D eigenvalue weighted by atomic mass is 16.3. The lowest BCUT2D eigenvalue weighted by Crippen LogP contribution is -2.50. The van der Waals surface area contributed by atoms with E-state index in [1.807, 2.05) is 12.1 Å². The van der Waals surface area contributed by atoms with Crippen molar-refractivity contribution in [1.29, 1.82) is 5.26 Å². The van der Waals surface area contributed by atoms with E-state index < -0.39 is 5.60 Å². The lowest BCUT2D eigenvalue weighted by atomic mass is 9.92. The van der Waals surface area contributed by atoms with Crippen LogP contribution in [0, 0.1) is 11.3 Å². The second kappa shape index (κ2) is 5.50. The van der Waals surface area contributed by atoms with Crippen LogP contribution in [0.1, 0.15) is 18.5 Å². The van der Waals surface area contributed by atoms with Gasteiger partial charge in [0, 0.05) is 31.2 Å². The first-order valence-electron chi connectivity index (χ1n) is 6.86. The topological polar surface area (TPSA) is 90.9 Å². The van der Waals surface area contributed by atoms with Crippen LogP contribution in [0.15, 0.2) is 30.7 Å². The molecule has 108 valence electrons. The first-order valence-corrected chi connectivity index (χ1v) is 6.86. The van der Waals surface area contributed by atoms with Crippen molar-refractivity contribution < 1.29 is 5.11 Å². The van der Waals surface area contributed by atoms with Gasteiger partial charge in [0.15, 0.2) is 0 Å². The summed E-state index contributed by atoms with van der Waals surface area (Å²) in [4.78, 5) is 6.06. The highest BCUT2D eigenvalue weighted by Gasteiger charge is 2.34. The molecule has 1 fully saturated rings. The molecule has 2 aromatic heterocycles. The number of piperidine rings is 1. The van der Waals surface area contributed by atoms with E-state index in [0.29, 0.717) is 18.8 Å². The third-order valence-electron chi connectivity index (χ3n) is 3.71. The molecule has 0 saturated carbocycles. The quantitative estimate of drug-likeness (QED) is 0.886. The summed E-state index contributed by atoms with van der Waals surface area (Å²) in [5.41, 5.74) is 0.457. The molecule has 1 unspecified atom stereocenters. The number of aromatic nitrogens is 4. The molecule has 3 heterocycles. The second-order valence-electron chi connectivity index (χ2n) is 5.36. The molecule has 1 aliphatic heterocycles. The predicted molar refractivity (Wildman–Crippen MR) is 75.4 cm³/mol. The van der Waals surface area contributed by atoms with E-state index in [1.54, 1.807) is 29.3 Å². The second-order valence-corrected chi connectivity index (χ2v) is 5.36. The van der Waals surface area contributed by atoms with Gasteiger partial charge in [-0.3, -0.25) is 0 Å². The van der Waals surface area contributed by atoms with Gasteiger partial charge in [0.25, 0.3) is 0 Å². The van der Waals surface area contributed by atoms with Crippen LogP contribution < -0.4 is 4.90 Å². The lowest BCUT2D eigenvalue weighted by Gasteiger charge is -2.40. The third kappa shape index (κ3) is 3.01. The number of nitrogens with zero attached hydrogens (tertiary/aromatic N) is 6. The standard InChI is InChI=1S/C14H16N6O/c15-9-12-8-13(2-4-16-12)19-6-1-3-14(21,10-19)11-20-7-5-17-18-20/h2,4-5,7-8,21H,1,3,6,10-11H2. The zero-order valence-electron chi connectivity index (χ0n) is 11.6. The fourth-order valence-corrected chi connectivity index (χ4v) is 2.76. The van der Waals surface area contributed by atoms with Crippen LogP contribution in [-0.4, -0.2) is 43.8 Å². The molecule has 2 aromatic rings. The van der Waals surface area contributed by atoms with Crippen molar-refractivity contribution in [3.05, 3.63) is 36.4 Å². The highest BCUT2D eigenvalue weighted by Crippen LogP contribution is 2.27. The maximum atomic E-state index is 10.8. The van der Waals surface area contributed by atoms with Gasteiger partial charge in [-0.1, -0.05) is 5.21 Å². The number of hydrogen-bond donors (Lipinski definition) is 1. The fourth-order valence-electron chi connectivity index (χ4n) is 2.76. The van der Waals surface area contributed by atoms with Crippen LogP contribution in [0.4, 0.5) is 5.69 Å². The Hall–Kier alpha value is -2.46. The maximum absolute atomic E-state index is 10.8. The van der Waals surface area contributed by atoms with E-state index in [1.165, 1.54) is 0 Å². The summed E-state index contributed by atoms with van der Waals surface area (Å²) in [7, 11) is 0. The summed E-state index contributed by atoms with van der Waals surface area (Å²) in [6.45, 7) is 1.77. The fraction of sp³-hybridized carbons (Fsp3) is 0.429. The minimum Gasteiger partial charge on any atom is -0.386 e. The maximum Gasteiger partial charge on any atom is 0.142 e. The third-order valence-corrected chi connectivity index (χ3v) is 3.71. The zero-order valence-corrected chi connectivity index (χ0v) is 11.6. The molecule has 0 bridgehead atoms. The molecular weight excluding hydrogens is 268 g/mol. The predicted octanol–water partition coefficient (Wildman–Crippen LogP) is 0.576. The van der Waals surface area contributed by atoms with E-state index >= 15 is 0 Å². The molecule has 1 aliphatic rings. The van der Waals surface area contributed by atoms with Crippen molar-refractivity contribution >= 4 is 5.69 Å². The number of anilines is 1. The Labute approximate surface area is 122 Å². The van der Waals surface area contributed by atoms with E-state index in [2.05, 4.69) is 20.2 Å². The minimum atomic E-state index is -0.845. The van der Waals surface area contributed by atoms with Crippen molar-refractivity contribution in [3.8, 4) is 6.07 Å². The summed E-state index contributed by atoms with van der Waals surface area (Å²) in [6, 6.07) is 5.66. The number of hydrogen-bond acceptors (Lipinski definition) is 6. The summed E-state index contributed by atoms with van der Waals surface area (Å²) in [5.74, 6) is 0. The Morgan fingerprint density at radius 2 is 2.33 bits per heavy atom. The zero-order chi connectivity index (χ0) is 14.7. The van der Waals surface area contributed by atoms with Gasteiger partial charge in [0.05, 0.1) is 12.7 Å². The Morgan fingerprint density at radius 3 is 3.10 bits per heavy atom. The van der Waals surface area contributed by atoms with Crippen LogP contribution >= 0.6 is 0 Å². The molecule has 0 spiro atoms. The van der Waals surface area contributed by atoms with Crippen LogP contribution in [0.2, 0.25) is 0 Å². The van der Waals surface area contributed by atoms with Gasteiger partial charge in [-0.15, -0.1) is 5.10 Å². The normalized spacial score (nSPS) is 22.0. The van der Waals surface area contributed by atoms with Gasteiger partial charge in [-0.25, -0.2) is 9.67 Å². The van der Waals surface area contributed by atoms with Crippen molar-refractivity contribution in [3.63, 3.8) is 0 Å². The SMILES string of the molecule is N#Cc1cc(N2CCCC(O)(Cn3ccnn3)C2)ccn1. The van der Waals surface area contributed by atoms with E-state index in [0.717, 1.165) is 25.1 Å². The van der Waals surface area contributed by atoms with Crippen molar-refractivity contribution in [2.75, 3.05) is 18.0 Å². The summed E-state index contributed by atoms with van der Waals surface area (Å²) >= 11 is 0. The Balaban J connectivity index is 1.77. The summed E-state index contributed by atoms with van der Waals surface area (Å²) < 4.78 is 1.65. The number of nitriles is 1. The van der Waals surface area contributed by atoms with Crippen molar-refractivity contribution in [1.82, 2.24) is 20.0 Å². The number of rotatable bonds is 3. The molecule has 0 aromatic carbocycles. The Kier molecular flexibility index (Phi) is 3.54. The van der Waals surface area contributed by atoms with Gasteiger partial charge in [-0.2, -0.15) is 5.26 Å². The Bertz CT molecular complexity index is 650. The molecule has 7 heteroatoms. The van der Waals surface area contributed by atoms with Crippen LogP contribution in [-0.2, 0) is 6.54 Å². The lowest BCUT2D eigenvalue weighted by molar-refractivity contribution is 0.00603. The van der Waals surface area contributed by atoms with E-state index in [4.69, 9.17) is 5.26 Å². The van der Waals surface area contributed by atoms with Gasteiger partial charge in [-0.05, 0) is 25.0 Å². The van der Waals surface area contributed by atoms with Gasteiger partial charge in [0.2, 0.25) is 0 Å². The van der Waals surface area contributed by atoms with Crippen molar-refractivity contribution in [2.45, 2.75) is 25.0 Å². The number of β-amino-alcohol motifs (C(OH)–C–C–N with tert-alkyl or cyclic N) is 1. The molecule has 0 radical (unpaired) electrons. The Morgan fingerprint density at radius 1 is 1.43 bits per heavy atom. The van der Waals surface area contributed by atoms with Crippen molar-refractivity contribution in [2.24, 2.45) is 0 Å². The van der Waals surface area contributed by atoms with E-state index in [-0.39, 0.29) is 0 Å². The number of pyridine rings is 1. The summed E-state index contributed by atoms with van der Waals surface area (Å²) in [5, 5.41) is 27.4. The largest absolute Gasteiger partial charge is 0.386 e. The molecule has 1 saturated heterocycles. The highest BCUT2D eigenvalue weighted by molar-refractivity contribution is 5.49. The molecule has 1 atom stereocenters. The van der Waals surface area contributed by atoms with Crippen LogP contribution in [0.25, 0.3) is 0 Å². The molecule has 3 rings (SSSR count). The van der Waals surface area contributed by atoms with E-state index in [9.17, 15) is 5.11 Å². The average Bonchev–Trinajstić information content (AvgIpc) is 2.99.